The molecule has 1 fully saturated rings. The van der Waals surface area contributed by atoms with Crippen LogP contribution in [0.3, 0.4) is 0 Å². The first-order valence-electron chi connectivity index (χ1n) is 4.56. The molecule has 1 aromatic rings. The molecule has 1 aliphatic heterocycles. The van der Waals surface area contributed by atoms with Crippen LogP contribution in [0, 0.1) is 13.8 Å². The number of carbonyl (C=O) groups is 2. The van der Waals surface area contributed by atoms with E-state index in [9.17, 15) is 9.59 Å². The lowest BCUT2D eigenvalue weighted by Gasteiger charge is -2.04. The van der Waals surface area contributed by atoms with Gasteiger partial charge in [0.2, 0.25) is 0 Å². The third-order valence-corrected chi connectivity index (χ3v) is 2.11. The van der Waals surface area contributed by atoms with Crippen LogP contribution in [0.1, 0.15) is 11.1 Å². The molecule has 0 radical (unpaired) electrons. The van der Waals surface area contributed by atoms with Crippen LogP contribution in [-0.2, 0) is 18.9 Å². The van der Waals surface area contributed by atoms with E-state index in [4.69, 9.17) is 9.31 Å². The Bertz CT molecular complexity index is 405. The van der Waals surface area contributed by atoms with Gasteiger partial charge in [-0.05, 0) is 13.8 Å². The summed E-state index contributed by atoms with van der Waals surface area (Å²) in [7, 11) is -0.886. The van der Waals surface area contributed by atoms with Gasteiger partial charge < -0.3 is 9.31 Å². The SMILES string of the molecule is Cc1cc(C)cc(B2OC(=O)C(=O)O2)c1. The minimum absolute atomic E-state index is 0.687. The Morgan fingerprint density at radius 1 is 0.933 bits per heavy atom. The van der Waals surface area contributed by atoms with Crippen LogP contribution in [0.5, 0.6) is 0 Å². The molecule has 4 nitrogen and oxygen atoms in total. The fourth-order valence-electron chi connectivity index (χ4n) is 1.60. The van der Waals surface area contributed by atoms with Gasteiger partial charge >= 0.3 is 19.1 Å². The van der Waals surface area contributed by atoms with Crippen molar-refractivity contribution in [2.45, 2.75) is 13.8 Å². The Morgan fingerprint density at radius 2 is 1.40 bits per heavy atom. The summed E-state index contributed by atoms with van der Waals surface area (Å²) in [6.07, 6.45) is 0. The second kappa shape index (κ2) is 3.42. The second-order valence-electron chi connectivity index (χ2n) is 3.56. The van der Waals surface area contributed by atoms with Crippen molar-refractivity contribution in [2.24, 2.45) is 0 Å². The zero-order chi connectivity index (χ0) is 11.0. The molecule has 1 saturated heterocycles. The molecule has 0 aromatic heterocycles. The molecule has 0 N–H and O–H groups in total. The molecule has 0 saturated carbocycles. The fraction of sp³-hybridized carbons (Fsp3) is 0.200. The highest BCUT2D eigenvalue weighted by Gasteiger charge is 2.41. The summed E-state index contributed by atoms with van der Waals surface area (Å²) in [4.78, 5) is 21.7. The maximum absolute atomic E-state index is 10.8. The van der Waals surface area contributed by atoms with Gasteiger partial charge in [-0.2, -0.15) is 0 Å². The number of hydrogen-bond donors (Lipinski definition) is 0. The topological polar surface area (TPSA) is 52.6 Å². The van der Waals surface area contributed by atoms with Crippen LogP contribution in [0.25, 0.3) is 0 Å². The van der Waals surface area contributed by atoms with Gasteiger partial charge in [0.25, 0.3) is 0 Å². The Kier molecular flexibility index (Phi) is 2.23. The molecule has 0 unspecified atom stereocenters. The molecule has 0 spiro atoms. The summed E-state index contributed by atoms with van der Waals surface area (Å²) < 4.78 is 9.52. The van der Waals surface area contributed by atoms with Gasteiger partial charge in [0.05, 0.1) is 0 Å². The van der Waals surface area contributed by atoms with E-state index >= 15 is 0 Å². The molecule has 1 heterocycles. The van der Waals surface area contributed by atoms with Crippen molar-refractivity contribution in [3.05, 3.63) is 29.3 Å². The number of rotatable bonds is 1. The van der Waals surface area contributed by atoms with Gasteiger partial charge in [0.1, 0.15) is 0 Å². The number of carbonyl (C=O) groups excluding carboxylic acids is 2. The Balaban J connectivity index is 2.31. The van der Waals surface area contributed by atoms with E-state index in [2.05, 4.69) is 0 Å². The molecule has 1 aliphatic rings. The average molecular weight is 204 g/mol. The quantitative estimate of drug-likeness (QED) is 0.480. The lowest BCUT2D eigenvalue weighted by Crippen LogP contribution is -2.32. The largest absolute Gasteiger partial charge is 0.637 e. The van der Waals surface area contributed by atoms with Gasteiger partial charge in [-0.25, -0.2) is 9.59 Å². The molecule has 0 aliphatic carbocycles. The van der Waals surface area contributed by atoms with Crippen molar-refractivity contribution in [2.75, 3.05) is 0 Å². The molecule has 2 rings (SSSR count). The smallest absolute Gasteiger partial charge is 0.487 e. The fourth-order valence-corrected chi connectivity index (χ4v) is 1.60. The van der Waals surface area contributed by atoms with E-state index in [1.807, 2.05) is 32.0 Å². The summed E-state index contributed by atoms with van der Waals surface area (Å²) >= 11 is 0. The highest BCUT2D eigenvalue weighted by atomic mass is 16.7. The molecular formula is C10H9BO4. The Labute approximate surface area is 87.3 Å². The van der Waals surface area contributed by atoms with Crippen LogP contribution in [0.15, 0.2) is 18.2 Å². The van der Waals surface area contributed by atoms with E-state index in [1.54, 1.807) is 0 Å². The molecule has 76 valence electrons. The van der Waals surface area contributed by atoms with Crippen molar-refractivity contribution in [1.82, 2.24) is 0 Å². The highest BCUT2D eigenvalue weighted by Crippen LogP contribution is 2.07. The number of aryl methyl sites for hydroxylation is 2. The highest BCUT2D eigenvalue weighted by molar-refractivity contribution is 6.71. The monoisotopic (exact) mass is 204 g/mol. The molecule has 5 heteroatoms. The lowest BCUT2D eigenvalue weighted by atomic mass is 9.78. The van der Waals surface area contributed by atoms with Gasteiger partial charge in [0.15, 0.2) is 0 Å². The van der Waals surface area contributed by atoms with E-state index in [0.29, 0.717) is 5.46 Å². The van der Waals surface area contributed by atoms with Crippen molar-refractivity contribution in [3.8, 4) is 0 Å². The van der Waals surface area contributed by atoms with Crippen LogP contribution < -0.4 is 5.46 Å². The molecule has 0 bridgehead atoms. The van der Waals surface area contributed by atoms with E-state index in [-0.39, 0.29) is 0 Å². The predicted octanol–water partition coefficient (Wildman–Crippen LogP) is 0.0986. The maximum atomic E-state index is 10.8. The summed E-state index contributed by atoms with van der Waals surface area (Å²) in [5, 5.41) is 0. The predicted molar refractivity (Wildman–Crippen MR) is 53.5 cm³/mol. The first-order valence-corrected chi connectivity index (χ1v) is 4.56. The third kappa shape index (κ3) is 1.86. The van der Waals surface area contributed by atoms with Crippen molar-refractivity contribution < 1.29 is 18.9 Å². The molecule has 0 atom stereocenters. The van der Waals surface area contributed by atoms with Crippen LogP contribution in [0.4, 0.5) is 0 Å². The molecule has 15 heavy (non-hydrogen) atoms. The maximum Gasteiger partial charge on any atom is 0.637 e. The number of hydrogen-bond acceptors (Lipinski definition) is 4. The summed E-state index contributed by atoms with van der Waals surface area (Å²) in [5.74, 6) is -1.86. The first kappa shape index (κ1) is 9.77. The van der Waals surface area contributed by atoms with Gasteiger partial charge in [-0.15, -0.1) is 0 Å². The van der Waals surface area contributed by atoms with Crippen LogP contribution in [0.2, 0.25) is 0 Å². The summed E-state index contributed by atoms with van der Waals surface area (Å²) in [6.45, 7) is 3.85. The van der Waals surface area contributed by atoms with Crippen molar-refractivity contribution >= 4 is 24.5 Å². The number of benzene rings is 1. The molecule has 0 amide bonds. The first-order chi connectivity index (χ1) is 7.06. The van der Waals surface area contributed by atoms with E-state index in [0.717, 1.165) is 11.1 Å². The third-order valence-electron chi connectivity index (χ3n) is 2.11. The van der Waals surface area contributed by atoms with Gasteiger partial charge in [0, 0.05) is 5.46 Å². The molecule has 1 aromatic carbocycles. The van der Waals surface area contributed by atoms with Crippen LogP contribution in [-0.4, -0.2) is 19.1 Å². The van der Waals surface area contributed by atoms with Crippen molar-refractivity contribution in [3.63, 3.8) is 0 Å². The average Bonchev–Trinajstić information content (AvgIpc) is 2.45. The summed E-state index contributed by atoms with van der Waals surface area (Å²) in [6, 6.07) is 5.63. The zero-order valence-corrected chi connectivity index (χ0v) is 8.44. The lowest BCUT2D eigenvalue weighted by molar-refractivity contribution is -0.150. The van der Waals surface area contributed by atoms with Gasteiger partial charge in [-0.1, -0.05) is 29.3 Å². The van der Waals surface area contributed by atoms with Crippen LogP contribution >= 0.6 is 0 Å². The molecular weight excluding hydrogens is 195 g/mol. The summed E-state index contributed by atoms with van der Waals surface area (Å²) in [5.41, 5.74) is 2.75. The minimum atomic E-state index is -0.931. The van der Waals surface area contributed by atoms with E-state index in [1.165, 1.54) is 0 Å². The normalized spacial score (nSPS) is 15.2. The Morgan fingerprint density at radius 3 is 1.87 bits per heavy atom. The second-order valence-corrected chi connectivity index (χ2v) is 3.56. The standard InChI is InChI=1S/C10H9BO4/c1-6-3-7(2)5-8(4-6)11-14-9(12)10(13)15-11/h3-5H,1-2H3. The minimum Gasteiger partial charge on any atom is -0.487 e. The zero-order valence-electron chi connectivity index (χ0n) is 8.44. The van der Waals surface area contributed by atoms with Crippen molar-refractivity contribution in [1.29, 1.82) is 0 Å². The van der Waals surface area contributed by atoms with Gasteiger partial charge in [-0.3, -0.25) is 0 Å². The van der Waals surface area contributed by atoms with E-state index < -0.39 is 19.1 Å². The Hall–Kier alpha value is -1.78.